The predicted octanol–water partition coefficient (Wildman–Crippen LogP) is 0.819. The van der Waals surface area contributed by atoms with E-state index in [0.717, 1.165) is 6.07 Å². The maximum absolute atomic E-state index is 13.3. The first-order chi connectivity index (χ1) is 7.95. The van der Waals surface area contributed by atoms with Crippen molar-refractivity contribution in [3.8, 4) is 5.75 Å². The number of rotatable bonds is 5. The van der Waals surface area contributed by atoms with E-state index in [1.54, 1.807) is 0 Å². The lowest BCUT2D eigenvalue weighted by atomic mass is 10.0. The van der Waals surface area contributed by atoms with Gasteiger partial charge in [0.1, 0.15) is 6.04 Å². The summed E-state index contributed by atoms with van der Waals surface area (Å²) in [5, 5.41) is 8.54. The number of carbonyl (C=O) groups is 2. The van der Waals surface area contributed by atoms with E-state index in [9.17, 15) is 14.0 Å². The SMILES string of the molecule is COc1ccc(C(=O)C[C@H](N)C(=O)O)cc1F. The highest BCUT2D eigenvalue weighted by atomic mass is 19.1. The van der Waals surface area contributed by atoms with Gasteiger partial charge in [0, 0.05) is 12.0 Å². The second-order valence-electron chi connectivity index (χ2n) is 3.42. The molecule has 0 unspecified atom stereocenters. The topological polar surface area (TPSA) is 89.6 Å². The van der Waals surface area contributed by atoms with Gasteiger partial charge in [-0.2, -0.15) is 0 Å². The van der Waals surface area contributed by atoms with Crippen molar-refractivity contribution in [1.29, 1.82) is 0 Å². The van der Waals surface area contributed by atoms with Gasteiger partial charge < -0.3 is 15.6 Å². The number of carboxylic acids is 1. The molecule has 0 radical (unpaired) electrons. The van der Waals surface area contributed by atoms with Gasteiger partial charge in [-0.1, -0.05) is 0 Å². The Morgan fingerprint density at radius 1 is 1.53 bits per heavy atom. The summed E-state index contributed by atoms with van der Waals surface area (Å²) >= 11 is 0. The zero-order valence-electron chi connectivity index (χ0n) is 9.14. The van der Waals surface area contributed by atoms with Gasteiger partial charge in [-0.3, -0.25) is 9.59 Å². The van der Waals surface area contributed by atoms with Crippen molar-refractivity contribution >= 4 is 11.8 Å². The van der Waals surface area contributed by atoms with E-state index in [4.69, 9.17) is 15.6 Å². The maximum atomic E-state index is 13.3. The molecule has 1 rings (SSSR count). The van der Waals surface area contributed by atoms with Gasteiger partial charge in [0.05, 0.1) is 7.11 Å². The van der Waals surface area contributed by atoms with Crippen LogP contribution in [-0.2, 0) is 4.79 Å². The van der Waals surface area contributed by atoms with Gasteiger partial charge in [-0.15, -0.1) is 0 Å². The minimum atomic E-state index is -1.28. The molecule has 0 aliphatic heterocycles. The highest BCUT2D eigenvalue weighted by Gasteiger charge is 2.18. The van der Waals surface area contributed by atoms with E-state index in [-0.39, 0.29) is 17.7 Å². The second-order valence-corrected chi connectivity index (χ2v) is 3.42. The van der Waals surface area contributed by atoms with Crippen molar-refractivity contribution < 1.29 is 23.8 Å². The number of hydrogen-bond acceptors (Lipinski definition) is 4. The van der Waals surface area contributed by atoms with Crippen LogP contribution >= 0.6 is 0 Å². The normalized spacial score (nSPS) is 11.9. The molecular formula is C11H12FNO4. The van der Waals surface area contributed by atoms with Gasteiger partial charge in [-0.05, 0) is 18.2 Å². The third kappa shape index (κ3) is 3.25. The van der Waals surface area contributed by atoms with Crippen LogP contribution in [0.4, 0.5) is 4.39 Å². The summed E-state index contributed by atoms with van der Waals surface area (Å²) in [6.07, 6.45) is -0.374. The zero-order valence-corrected chi connectivity index (χ0v) is 9.14. The van der Waals surface area contributed by atoms with Crippen LogP contribution in [0.2, 0.25) is 0 Å². The first-order valence-electron chi connectivity index (χ1n) is 4.81. The molecule has 1 aromatic rings. The average Bonchev–Trinajstić information content (AvgIpc) is 2.28. The minimum Gasteiger partial charge on any atom is -0.494 e. The smallest absolute Gasteiger partial charge is 0.320 e. The van der Waals surface area contributed by atoms with Gasteiger partial charge >= 0.3 is 5.97 Å². The quantitative estimate of drug-likeness (QED) is 0.745. The Bertz CT molecular complexity index is 447. The molecule has 5 nitrogen and oxygen atoms in total. The first kappa shape index (κ1) is 13.1. The molecule has 92 valence electrons. The number of benzene rings is 1. The molecule has 1 aromatic carbocycles. The molecule has 1 atom stereocenters. The Morgan fingerprint density at radius 3 is 2.65 bits per heavy atom. The number of hydrogen-bond donors (Lipinski definition) is 2. The molecule has 0 aromatic heterocycles. The average molecular weight is 241 g/mol. The van der Waals surface area contributed by atoms with E-state index < -0.39 is 23.6 Å². The largest absolute Gasteiger partial charge is 0.494 e. The Hall–Kier alpha value is -1.95. The van der Waals surface area contributed by atoms with Crippen LogP contribution in [0.3, 0.4) is 0 Å². The fourth-order valence-corrected chi connectivity index (χ4v) is 1.24. The number of carbonyl (C=O) groups excluding carboxylic acids is 1. The summed E-state index contributed by atoms with van der Waals surface area (Å²) in [5.41, 5.74) is 5.28. The molecule has 0 saturated carbocycles. The number of methoxy groups -OCH3 is 1. The molecule has 17 heavy (non-hydrogen) atoms. The van der Waals surface area contributed by atoms with Crippen molar-refractivity contribution in [3.05, 3.63) is 29.6 Å². The van der Waals surface area contributed by atoms with Crippen molar-refractivity contribution in [2.45, 2.75) is 12.5 Å². The van der Waals surface area contributed by atoms with Gasteiger partial charge in [0.2, 0.25) is 0 Å². The lowest BCUT2D eigenvalue weighted by Gasteiger charge is -2.07. The van der Waals surface area contributed by atoms with Crippen LogP contribution in [0.25, 0.3) is 0 Å². The maximum Gasteiger partial charge on any atom is 0.320 e. The molecule has 0 heterocycles. The summed E-state index contributed by atoms with van der Waals surface area (Å²) in [5.74, 6) is -2.46. The fourth-order valence-electron chi connectivity index (χ4n) is 1.24. The highest BCUT2D eigenvalue weighted by molar-refractivity contribution is 5.98. The van der Waals surface area contributed by atoms with Gasteiger partial charge in [0.15, 0.2) is 17.3 Å². The number of aliphatic carboxylic acids is 1. The Morgan fingerprint density at radius 2 is 2.18 bits per heavy atom. The lowest BCUT2D eigenvalue weighted by Crippen LogP contribution is -2.32. The molecule has 0 amide bonds. The molecule has 0 aliphatic carbocycles. The van der Waals surface area contributed by atoms with Crippen molar-refractivity contribution in [3.63, 3.8) is 0 Å². The lowest BCUT2D eigenvalue weighted by molar-refractivity contribution is -0.138. The van der Waals surface area contributed by atoms with Crippen LogP contribution in [0.5, 0.6) is 5.75 Å². The van der Waals surface area contributed by atoms with E-state index in [1.807, 2.05) is 0 Å². The number of carboxylic acid groups (broad SMARTS) is 1. The number of halogens is 1. The number of ether oxygens (including phenoxy) is 1. The number of ketones is 1. The second kappa shape index (κ2) is 5.40. The Labute approximate surface area is 97.0 Å². The van der Waals surface area contributed by atoms with Gasteiger partial charge in [-0.25, -0.2) is 4.39 Å². The molecule has 6 heteroatoms. The standard InChI is InChI=1S/C11H12FNO4/c1-17-10-3-2-6(4-7(10)12)9(14)5-8(13)11(15)16/h2-4,8H,5,13H2,1H3,(H,15,16)/t8-/m0/s1. The van der Waals surface area contributed by atoms with E-state index in [2.05, 4.69) is 0 Å². The van der Waals surface area contributed by atoms with Crippen molar-refractivity contribution in [2.24, 2.45) is 5.73 Å². The van der Waals surface area contributed by atoms with E-state index >= 15 is 0 Å². The van der Waals surface area contributed by atoms with Crippen LogP contribution < -0.4 is 10.5 Å². The third-order valence-corrected chi connectivity index (χ3v) is 2.20. The zero-order chi connectivity index (χ0) is 13.0. The number of nitrogens with two attached hydrogens (primary N) is 1. The van der Waals surface area contributed by atoms with E-state index in [1.165, 1.54) is 19.2 Å². The van der Waals surface area contributed by atoms with Crippen LogP contribution in [-0.4, -0.2) is 30.0 Å². The Kier molecular flexibility index (Phi) is 4.17. The van der Waals surface area contributed by atoms with Crippen molar-refractivity contribution in [2.75, 3.05) is 7.11 Å². The summed E-state index contributed by atoms with van der Waals surface area (Å²) in [7, 11) is 1.31. The first-order valence-corrected chi connectivity index (χ1v) is 4.81. The molecule has 0 saturated heterocycles. The van der Waals surface area contributed by atoms with Crippen molar-refractivity contribution in [1.82, 2.24) is 0 Å². The third-order valence-electron chi connectivity index (χ3n) is 2.20. The van der Waals surface area contributed by atoms with Crippen LogP contribution in [0.1, 0.15) is 16.8 Å². The van der Waals surface area contributed by atoms with E-state index in [0.29, 0.717) is 0 Å². The monoisotopic (exact) mass is 241 g/mol. The summed E-state index contributed by atoms with van der Waals surface area (Å²) in [6.45, 7) is 0. The summed E-state index contributed by atoms with van der Waals surface area (Å²) in [4.78, 5) is 22.0. The van der Waals surface area contributed by atoms with Gasteiger partial charge in [0.25, 0.3) is 0 Å². The Balaban J connectivity index is 2.83. The summed E-state index contributed by atoms with van der Waals surface area (Å²) in [6, 6.07) is 2.37. The molecule has 0 bridgehead atoms. The minimum absolute atomic E-state index is 0.0177. The molecule has 0 fully saturated rings. The predicted molar refractivity (Wildman–Crippen MR) is 57.5 cm³/mol. The molecule has 0 spiro atoms. The summed E-state index contributed by atoms with van der Waals surface area (Å²) < 4.78 is 18.0. The molecule has 3 N–H and O–H groups in total. The molecule has 0 aliphatic rings. The number of Topliss-reactive ketones (excluding diaryl/α,β-unsaturated/α-hetero) is 1. The fraction of sp³-hybridized carbons (Fsp3) is 0.273. The van der Waals surface area contributed by atoms with Crippen LogP contribution in [0.15, 0.2) is 18.2 Å². The highest BCUT2D eigenvalue weighted by Crippen LogP contribution is 2.18. The van der Waals surface area contributed by atoms with Crippen LogP contribution in [0, 0.1) is 5.82 Å². The molecular weight excluding hydrogens is 229 g/mol.